The Bertz CT molecular complexity index is 1000. The second-order valence-electron chi connectivity index (χ2n) is 7.42. The number of hydrogen-bond acceptors (Lipinski definition) is 3. The molecular formula is C23H27NO3S. The Morgan fingerprint density at radius 1 is 1.11 bits per heavy atom. The van der Waals surface area contributed by atoms with E-state index in [0.717, 1.165) is 22.4 Å². The monoisotopic (exact) mass is 397 g/mol. The molecule has 1 aliphatic heterocycles. The third kappa shape index (κ3) is 4.37. The average Bonchev–Trinajstić information content (AvgIpc) is 3.05. The van der Waals surface area contributed by atoms with Gasteiger partial charge in [0, 0.05) is 24.6 Å². The fourth-order valence-corrected chi connectivity index (χ4v) is 4.92. The fraction of sp³-hybridized carbons (Fsp3) is 0.304. The molecule has 1 atom stereocenters. The van der Waals surface area contributed by atoms with E-state index in [1.807, 2.05) is 57.2 Å². The van der Waals surface area contributed by atoms with Crippen LogP contribution in [0.1, 0.15) is 25.0 Å². The third-order valence-electron chi connectivity index (χ3n) is 4.91. The van der Waals surface area contributed by atoms with Gasteiger partial charge >= 0.3 is 0 Å². The van der Waals surface area contributed by atoms with Crippen LogP contribution >= 0.6 is 0 Å². The molecule has 1 unspecified atom stereocenters. The van der Waals surface area contributed by atoms with Gasteiger partial charge in [-0.1, -0.05) is 53.6 Å². The maximum Gasteiger partial charge on any atom is 0.243 e. The van der Waals surface area contributed by atoms with E-state index in [0.29, 0.717) is 18.0 Å². The highest BCUT2D eigenvalue weighted by Gasteiger charge is 2.34. The first-order chi connectivity index (χ1) is 13.3. The SMILES string of the molecule is COc1ccccc1/C=C1\CN(S(=O)(=O)c2ccc(C)cc2)CC1C=C(C)C. The van der Waals surface area contributed by atoms with Crippen LogP contribution in [0, 0.1) is 12.8 Å². The quantitative estimate of drug-likeness (QED) is 0.689. The first-order valence-electron chi connectivity index (χ1n) is 9.36. The van der Waals surface area contributed by atoms with Crippen LogP contribution in [-0.4, -0.2) is 32.9 Å². The number of benzene rings is 2. The van der Waals surface area contributed by atoms with Crippen LogP contribution in [0.5, 0.6) is 5.75 Å². The minimum Gasteiger partial charge on any atom is -0.496 e. The Balaban J connectivity index is 1.98. The van der Waals surface area contributed by atoms with Gasteiger partial charge in [-0.25, -0.2) is 8.42 Å². The van der Waals surface area contributed by atoms with Crippen molar-refractivity contribution >= 4 is 16.1 Å². The predicted octanol–water partition coefficient (Wildman–Crippen LogP) is 4.67. The number of allylic oxidation sites excluding steroid dienone is 1. The molecule has 3 rings (SSSR count). The van der Waals surface area contributed by atoms with Crippen LogP contribution in [0.3, 0.4) is 0 Å². The smallest absolute Gasteiger partial charge is 0.243 e. The summed E-state index contributed by atoms with van der Waals surface area (Å²) in [5.41, 5.74) is 4.24. The number of methoxy groups -OCH3 is 1. The molecule has 0 amide bonds. The predicted molar refractivity (Wildman–Crippen MR) is 114 cm³/mol. The summed E-state index contributed by atoms with van der Waals surface area (Å²) in [6.07, 6.45) is 4.21. The Morgan fingerprint density at radius 3 is 2.43 bits per heavy atom. The maximum absolute atomic E-state index is 13.2. The molecule has 1 fully saturated rings. The van der Waals surface area contributed by atoms with E-state index in [4.69, 9.17) is 4.74 Å². The highest BCUT2D eigenvalue weighted by atomic mass is 32.2. The summed E-state index contributed by atoms with van der Waals surface area (Å²) in [6, 6.07) is 14.8. The number of ether oxygens (including phenoxy) is 1. The number of rotatable bonds is 5. The summed E-state index contributed by atoms with van der Waals surface area (Å²) in [5, 5.41) is 0. The Hall–Kier alpha value is -2.37. The van der Waals surface area contributed by atoms with E-state index in [9.17, 15) is 8.42 Å². The molecule has 0 bridgehead atoms. The van der Waals surface area contributed by atoms with E-state index in [-0.39, 0.29) is 5.92 Å². The molecule has 1 saturated heterocycles. The standard InChI is InChI=1S/C23H27NO3S/c1-17(2)13-20-15-24(28(25,26)22-11-9-18(3)10-12-22)16-21(20)14-19-7-5-6-8-23(19)27-4/h5-14,20H,15-16H2,1-4H3/b21-14+. The third-order valence-corrected chi connectivity index (χ3v) is 6.73. The van der Waals surface area contributed by atoms with Gasteiger partial charge in [0.05, 0.1) is 12.0 Å². The molecule has 0 N–H and O–H groups in total. The van der Waals surface area contributed by atoms with E-state index in [1.54, 1.807) is 23.5 Å². The second kappa shape index (κ2) is 8.33. The first-order valence-corrected chi connectivity index (χ1v) is 10.8. The van der Waals surface area contributed by atoms with Crippen molar-refractivity contribution in [2.45, 2.75) is 25.7 Å². The van der Waals surface area contributed by atoms with E-state index in [1.165, 1.54) is 5.57 Å². The lowest BCUT2D eigenvalue weighted by Gasteiger charge is -2.15. The lowest BCUT2D eigenvalue weighted by molar-refractivity contribution is 0.414. The maximum atomic E-state index is 13.2. The summed E-state index contributed by atoms with van der Waals surface area (Å²) >= 11 is 0. The van der Waals surface area contributed by atoms with Crippen molar-refractivity contribution in [2.75, 3.05) is 20.2 Å². The van der Waals surface area contributed by atoms with E-state index in [2.05, 4.69) is 12.2 Å². The highest BCUT2D eigenvalue weighted by Crippen LogP contribution is 2.33. The number of aryl methyl sites for hydroxylation is 1. The summed E-state index contributed by atoms with van der Waals surface area (Å²) in [4.78, 5) is 0.340. The van der Waals surface area contributed by atoms with Gasteiger partial charge in [-0.3, -0.25) is 0 Å². The van der Waals surface area contributed by atoms with Crippen molar-refractivity contribution in [1.82, 2.24) is 4.31 Å². The largest absolute Gasteiger partial charge is 0.496 e. The number of sulfonamides is 1. The van der Waals surface area contributed by atoms with Gasteiger partial charge in [0.1, 0.15) is 5.75 Å². The van der Waals surface area contributed by atoms with E-state index < -0.39 is 10.0 Å². The molecule has 1 heterocycles. The van der Waals surface area contributed by atoms with Gasteiger partial charge < -0.3 is 4.74 Å². The zero-order valence-corrected chi connectivity index (χ0v) is 17.7. The lowest BCUT2D eigenvalue weighted by Crippen LogP contribution is -2.28. The molecule has 1 aliphatic rings. The minimum atomic E-state index is -3.53. The molecule has 0 aliphatic carbocycles. The molecule has 4 nitrogen and oxygen atoms in total. The Labute approximate surface area is 168 Å². The van der Waals surface area contributed by atoms with Gasteiger partial charge in [-0.2, -0.15) is 4.31 Å². The van der Waals surface area contributed by atoms with Crippen molar-refractivity contribution in [1.29, 1.82) is 0 Å². The van der Waals surface area contributed by atoms with Crippen LogP contribution in [0.15, 0.2) is 70.6 Å². The first kappa shape index (κ1) is 20.4. The molecule has 2 aromatic rings. The van der Waals surface area contributed by atoms with Gasteiger partial charge in [-0.05, 0) is 44.5 Å². The van der Waals surface area contributed by atoms with Crippen molar-refractivity contribution in [3.63, 3.8) is 0 Å². The van der Waals surface area contributed by atoms with Crippen molar-refractivity contribution in [2.24, 2.45) is 5.92 Å². The van der Waals surface area contributed by atoms with E-state index >= 15 is 0 Å². The van der Waals surface area contributed by atoms with Gasteiger partial charge in [0.15, 0.2) is 0 Å². The number of para-hydroxylation sites is 1. The molecule has 0 spiro atoms. The Kier molecular flexibility index (Phi) is 6.06. The summed E-state index contributed by atoms with van der Waals surface area (Å²) in [5.74, 6) is 0.834. The zero-order valence-electron chi connectivity index (χ0n) is 16.8. The average molecular weight is 398 g/mol. The number of hydrogen-bond donors (Lipinski definition) is 0. The molecule has 5 heteroatoms. The van der Waals surface area contributed by atoms with Crippen LogP contribution in [0.25, 0.3) is 6.08 Å². The van der Waals surface area contributed by atoms with Crippen LogP contribution in [0.4, 0.5) is 0 Å². The second-order valence-corrected chi connectivity index (χ2v) is 9.36. The van der Waals surface area contributed by atoms with Gasteiger partial charge in [-0.15, -0.1) is 0 Å². The molecular weight excluding hydrogens is 370 g/mol. The topological polar surface area (TPSA) is 46.6 Å². The van der Waals surface area contributed by atoms with Crippen molar-refractivity contribution in [3.05, 3.63) is 76.9 Å². The van der Waals surface area contributed by atoms with Gasteiger partial charge in [0.25, 0.3) is 0 Å². The van der Waals surface area contributed by atoms with Crippen LogP contribution in [0.2, 0.25) is 0 Å². The molecule has 148 valence electrons. The molecule has 2 aromatic carbocycles. The number of nitrogens with zero attached hydrogens (tertiary/aromatic N) is 1. The van der Waals surface area contributed by atoms with Crippen LogP contribution in [-0.2, 0) is 10.0 Å². The van der Waals surface area contributed by atoms with Crippen LogP contribution < -0.4 is 4.74 Å². The summed E-state index contributed by atoms with van der Waals surface area (Å²) in [7, 11) is -1.89. The minimum absolute atomic E-state index is 0.0511. The fourth-order valence-electron chi connectivity index (χ4n) is 3.46. The van der Waals surface area contributed by atoms with Gasteiger partial charge in [0.2, 0.25) is 10.0 Å². The van der Waals surface area contributed by atoms with Crippen molar-refractivity contribution < 1.29 is 13.2 Å². The Morgan fingerprint density at radius 2 is 1.79 bits per heavy atom. The zero-order chi connectivity index (χ0) is 20.3. The summed E-state index contributed by atoms with van der Waals surface area (Å²) in [6.45, 7) is 6.85. The molecule has 0 radical (unpaired) electrons. The lowest BCUT2D eigenvalue weighted by atomic mass is 9.98. The van der Waals surface area contributed by atoms with Crippen molar-refractivity contribution in [3.8, 4) is 5.75 Å². The molecule has 0 aromatic heterocycles. The highest BCUT2D eigenvalue weighted by molar-refractivity contribution is 7.89. The summed E-state index contributed by atoms with van der Waals surface area (Å²) < 4.78 is 33.3. The molecule has 28 heavy (non-hydrogen) atoms. The normalized spacial score (nSPS) is 19.0. The molecule has 0 saturated carbocycles.